The summed E-state index contributed by atoms with van der Waals surface area (Å²) in [5.41, 5.74) is 3.89. The van der Waals surface area contributed by atoms with Gasteiger partial charge in [-0.3, -0.25) is 9.10 Å². The third-order valence-electron chi connectivity index (χ3n) is 5.97. The number of hydrogen-bond donors (Lipinski definition) is 2. The Bertz CT molecular complexity index is 1030. The van der Waals surface area contributed by atoms with Crippen LogP contribution in [0.4, 0.5) is 17.1 Å². The van der Waals surface area contributed by atoms with Crippen LogP contribution in [0.25, 0.3) is 0 Å². The highest BCUT2D eigenvalue weighted by molar-refractivity contribution is 7.92. The molecule has 4 rings (SSSR count). The molecule has 2 N–H and O–H groups in total. The molecule has 1 fully saturated rings. The predicted molar refractivity (Wildman–Crippen MR) is 122 cm³/mol. The van der Waals surface area contributed by atoms with E-state index < -0.39 is 10.0 Å². The first-order chi connectivity index (χ1) is 14.3. The lowest BCUT2D eigenvalue weighted by atomic mass is 9.95. The standard InChI is InChI=1S/C23H29N3O3S/c1-16-14-18-15-17(8-13-22(18)26(16)30(2,28)29)23(27)25-21-11-9-20(10-12-21)24-19-6-4-3-5-7-19/h8-13,15-16,19,24H,3-7,14H2,1-2H3,(H,25,27). The van der Waals surface area contributed by atoms with Gasteiger partial charge in [-0.05, 0) is 74.2 Å². The Morgan fingerprint density at radius 3 is 2.33 bits per heavy atom. The van der Waals surface area contributed by atoms with Crippen molar-refractivity contribution < 1.29 is 13.2 Å². The summed E-state index contributed by atoms with van der Waals surface area (Å²) in [7, 11) is -3.33. The van der Waals surface area contributed by atoms with Crippen molar-refractivity contribution >= 4 is 33.0 Å². The van der Waals surface area contributed by atoms with Gasteiger partial charge in [-0.1, -0.05) is 19.3 Å². The van der Waals surface area contributed by atoms with E-state index in [2.05, 4.69) is 10.6 Å². The molecule has 1 aliphatic heterocycles. The van der Waals surface area contributed by atoms with Crippen LogP contribution in [0.15, 0.2) is 42.5 Å². The first-order valence-electron chi connectivity index (χ1n) is 10.6. The van der Waals surface area contributed by atoms with E-state index >= 15 is 0 Å². The van der Waals surface area contributed by atoms with Gasteiger partial charge in [-0.2, -0.15) is 0 Å². The molecule has 0 bridgehead atoms. The number of carbonyl (C=O) groups excluding carboxylic acids is 1. The summed E-state index contributed by atoms with van der Waals surface area (Å²) in [6.07, 6.45) is 8.15. The van der Waals surface area contributed by atoms with Gasteiger partial charge in [0.1, 0.15) is 0 Å². The van der Waals surface area contributed by atoms with E-state index in [-0.39, 0.29) is 11.9 Å². The average molecular weight is 428 g/mol. The Morgan fingerprint density at radius 2 is 1.67 bits per heavy atom. The van der Waals surface area contributed by atoms with E-state index in [9.17, 15) is 13.2 Å². The molecule has 0 saturated heterocycles. The first kappa shape index (κ1) is 20.7. The number of amides is 1. The quantitative estimate of drug-likeness (QED) is 0.742. The van der Waals surface area contributed by atoms with Crippen molar-refractivity contribution in [2.45, 2.75) is 57.5 Å². The molecule has 1 amide bonds. The summed E-state index contributed by atoms with van der Waals surface area (Å²) in [6.45, 7) is 1.88. The maximum Gasteiger partial charge on any atom is 0.255 e. The predicted octanol–water partition coefficient (Wildman–Crippen LogP) is 4.39. The van der Waals surface area contributed by atoms with Crippen LogP contribution in [-0.2, 0) is 16.4 Å². The van der Waals surface area contributed by atoms with Crippen LogP contribution in [0, 0.1) is 0 Å². The fraction of sp³-hybridized carbons (Fsp3) is 0.435. The van der Waals surface area contributed by atoms with Crippen molar-refractivity contribution in [2.75, 3.05) is 21.2 Å². The smallest absolute Gasteiger partial charge is 0.255 e. The topological polar surface area (TPSA) is 78.5 Å². The largest absolute Gasteiger partial charge is 0.382 e. The maximum atomic E-state index is 12.7. The Morgan fingerprint density at radius 1 is 1.00 bits per heavy atom. The molecule has 1 unspecified atom stereocenters. The Labute approximate surface area is 178 Å². The summed E-state index contributed by atoms with van der Waals surface area (Å²) in [5.74, 6) is -0.198. The van der Waals surface area contributed by atoms with Crippen molar-refractivity contribution in [3.63, 3.8) is 0 Å². The second kappa shape index (κ2) is 8.30. The minimum atomic E-state index is -3.33. The molecule has 1 atom stereocenters. The molecule has 1 aliphatic carbocycles. The van der Waals surface area contributed by atoms with E-state index in [1.54, 1.807) is 18.2 Å². The molecule has 0 radical (unpaired) electrons. The number of nitrogens with zero attached hydrogens (tertiary/aromatic N) is 1. The van der Waals surface area contributed by atoms with E-state index in [4.69, 9.17) is 0 Å². The molecule has 2 aromatic carbocycles. The van der Waals surface area contributed by atoms with Crippen molar-refractivity contribution in [1.82, 2.24) is 0 Å². The summed E-state index contributed by atoms with van der Waals surface area (Å²) in [5, 5.41) is 6.51. The Balaban J connectivity index is 1.42. The van der Waals surface area contributed by atoms with Gasteiger partial charge in [0, 0.05) is 29.0 Å². The molecule has 2 aliphatic rings. The number of benzene rings is 2. The summed E-state index contributed by atoms with van der Waals surface area (Å²) < 4.78 is 25.6. The third-order valence-corrected chi connectivity index (χ3v) is 7.24. The monoisotopic (exact) mass is 427 g/mol. The van der Waals surface area contributed by atoms with Gasteiger partial charge in [0.05, 0.1) is 11.9 Å². The lowest BCUT2D eigenvalue weighted by molar-refractivity contribution is 0.102. The second-order valence-corrected chi connectivity index (χ2v) is 10.3. The highest BCUT2D eigenvalue weighted by Gasteiger charge is 2.32. The summed E-state index contributed by atoms with van der Waals surface area (Å²) in [4.78, 5) is 12.7. The van der Waals surface area contributed by atoms with Crippen LogP contribution in [0.5, 0.6) is 0 Å². The molecule has 1 heterocycles. The van der Waals surface area contributed by atoms with Gasteiger partial charge in [0.15, 0.2) is 0 Å². The zero-order chi connectivity index (χ0) is 21.3. The van der Waals surface area contributed by atoms with Gasteiger partial charge in [0.2, 0.25) is 10.0 Å². The Kier molecular flexibility index (Phi) is 5.73. The van der Waals surface area contributed by atoms with Gasteiger partial charge < -0.3 is 10.6 Å². The lowest BCUT2D eigenvalue weighted by Gasteiger charge is -2.24. The molecule has 1 saturated carbocycles. The number of nitrogens with one attached hydrogen (secondary N) is 2. The van der Waals surface area contributed by atoms with Crippen molar-refractivity contribution in [3.05, 3.63) is 53.6 Å². The lowest BCUT2D eigenvalue weighted by Crippen LogP contribution is -2.34. The third kappa shape index (κ3) is 4.46. The molecule has 30 heavy (non-hydrogen) atoms. The number of hydrogen-bond acceptors (Lipinski definition) is 4. The van der Waals surface area contributed by atoms with Crippen LogP contribution in [0.2, 0.25) is 0 Å². The van der Waals surface area contributed by atoms with Crippen LogP contribution in [0.1, 0.15) is 54.9 Å². The fourth-order valence-electron chi connectivity index (χ4n) is 4.59. The molecular formula is C23H29N3O3S. The minimum absolute atomic E-state index is 0.141. The highest BCUT2D eigenvalue weighted by Crippen LogP contribution is 2.34. The van der Waals surface area contributed by atoms with Gasteiger partial charge in [-0.25, -0.2) is 8.42 Å². The van der Waals surface area contributed by atoms with Crippen LogP contribution in [-0.4, -0.2) is 32.7 Å². The molecular weight excluding hydrogens is 398 g/mol. The van der Waals surface area contributed by atoms with Gasteiger partial charge in [0.25, 0.3) is 5.91 Å². The van der Waals surface area contributed by atoms with Crippen molar-refractivity contribution in [1.29, 1.82) is 0 Å². The highest BCUT2D eigenvalue weighted by atomic mass is 32.2. The van der Waals surface area contributed by atoms with E-state index in [0.717, 1.165) is 16.9 Å². The number of sulfonamides is 1. The van der Waals surface area contributed by atoms with Crippen LogP contribution >= 0.6 is 0 Å². The fourth-order valence-corrected chi connectivity index (χ4v) is 5.85. The number of anilines is 3. The first-order valence-corrected chi connectivity index (χ1v) is 12.5. The van der Waals surface area contributed by atoms with Crippen LogP contribution < -0.4 is 14.9 Å². The van der Waals surface area contributed by atoms with Gasteiger partial charge >= 0.3 is 0 Å². The van der Waals surface area contributed by atoms with E-state index in [1.165, 1.54) is 42.7 Å². The van der Waals surface area contributed by atoms with Crippen molar-refractivity contribution in [3.8, 4) is 0 Å². The Hall–Kier alpha value is -2.54. The minimum Gasteiger partial charge on any atom is -0.382 e. The average Bonchev–Trinajstić information content (AvgIpc) is 3.05. The molecule has 6 nitrogen and oxygen atoms in total. The summed E-state index contributed by atoms with van der Waals surface area (Å²) in [6, 6.07) is 13.4. The summed E-state index contributed by atoms with van der Waals surface area (Å²) >= 11 is 0. The zero-order valence-electron chi connectivity index (χ0n) is 17.5. The van der Waals surface area contributed by atoms with E-state index in [1.807, 2.05) is 31.2 Å². The SMILES string of the molecule is CC1Cc2cc(C(=O)Nc3ccc(NC4CCCCC4)cc3)ccc2N1S(C)(=O)=O. The number of carbonyl (C=O) groups is 1. The molecule has 2 aromatic rings. The molecule has 0 spiro atoms. The van der Waals surface area contributed by atoms with Crippen molar-refractivity contribution in [2.24, 2.45) is 0 Å². The van der Waals surface area contributed by atoms with E-state index in [0.29, 0.717) is 23.7 Å². The maximum absolute atomic E-state index is 12.7. The number of rotatable bonds is 5. The normalized spacial score (nSPS) is 19.4. The number of fused-ring (bicyclic) bond motifs is 1. The second-order valence-electron chi connectivity index (χ2n) is 8.47. The molecule has 0 aromatic heterocycles. The molecule has 7 heteroatoms. The van der Waals surface area contributed by atoms with Gasteiger partial charge in [-0.15, -0.1) is 0 Å². The van der Waals surface area contributed by atoms with Crippen LogP contribution in [0.3, 0.4) is 0 Å². The zero-order valence-corrected chi connectivity index (χ0v) is 18.3. The molecule has 160 valence electrons.